The topological polar surface area (TPSA) is 72.8 Å². The molecule has 0 amide bonds. The quantitative estimate of drug-likeness (QED) is 0.652. The number of carbonyl (C=O) groups excluding carboxylic acids is 1. The van der Waals surface area contributed by atoms with Gasteiger partial charge in [0.05, 0.1) is 0 Å². The second kappa shape index (κ2) is 4.68. The number of ketones is 1. The maximum absolute atomic E-state index is 12.0. The molecule has 0 aromatic heterocycles. The van der Waals surface area contributed by atoms with Crippen molar-refractivity contribution in [3.8, 4) is 11.5 Å². The lowest BCUT2D eigenvalue weighted by atomic mass is 9.95. The average molecular weight is 250 g/mol. The number of hydrogen-bond donors (Lipinski definition) is 1. The van der Waals surface area contributed by atoms with E-state index in [1.807, 2.05) is 0 Å². The van der Waals surface area contributed by atoms with Crippen molar-refractivity contribution in [1.29, 1.82) is 0 Å². The summed E-state index contributed by atoms with van der Waals surface area (Å²) in [7, 11) is 0. The van der Waals surface area contributed by atoms with Crippen LogP contribution in [0.3, 0.4) is 0 Å². The molecule has 0 aliphatic carbocycles. The molecule has 0 fully saturated rings. The molecule has 0 radical (unpaired) electrons. The number of hydrogen-bond acceptors (Lipinski definition) is 4. The number of fused-ring (bicyclic) bond motifs is 1. The largest absolute Gasteiger partial charge is 0.486 e. The summed E-state index contributed by atoms with van der Waals surface area (Å²) in [6.45, 7) is 4.03. The molecular formula is C13H14O5. The van der Waals surface area contributed by atoms with Crippen LogP contribution in [0.2, 0.25) is 0 Å². The van der Waals surface area contributed by atoms with E-state index in [-0.39, 0.29) is 0 Å². The maximum Gasteiger partial charge on any atom is 0.314 e. The van der Waals surface area contributed by atoms with Crippen molar-refractivity contribution in [3.05, 3.63) is 23.3 Å². The molecule has 0 saturated carbocycles. The van der Waals surface area contributed by atoms with Gasteiger partial charge in [-0.25, -0.2) is 0 Å². The summed E-state index contributed by atoms with van der Waals surface area (Å²) in [6.07, 6.45) is 0. The SMILES string of the molecule is Cc1cc2c(cc1C(=O)C(C)C(=O)O)OCCO2. The molecule has 1 N–H and O–H groups in total. The molecule has 1 aromatic rings. The number of carbonyl (C=O) groups is 2. The number of carboxylic acid groups (broad SMARTS) is 1. The van der Waals surface area contributed by atoms with E-state index in [2.05, 4.69) is 0 Å². The number of aryl methyl sites for hydroxylation is 1. The van der Waals surface area contributed by atoms with Crippen molar-refractivity contribution in [3.63, 3.8) is 0 Å². The van der Waals surface area contributed by atoms with Gasteiger partial charge in [0.2, 0.25) is 0 Å². The predicted octanol–water partition coefficient (Wildman–Crippen LogP) is 1.67. The van der Waals surface area contributed by atoms with Gasteiger partial charge in [-0.05, 0) is 31.5 Å². The molecule has 0 saturated heterocycles. The highest BCUT2D eigenvalue weighted by Crippen LogP contribution is 2.33. The van der Waals surface area contributed by atoms with E-state index < -0.39 is 17.7 Å². The van der Waals surface area contributed by atoms with Gasteiger partial charge in [-0.15, -0.1) is 0 Å². The Balaban J connectivity index is 2.39. The van der Waals surface area contributed by atoms with Gasteiger partial charge in [-0.2, -0.15) is 0 Å². The van der Waals surface area contributed by atoms with Gasteiger partial charge >= 0.3 is 5.97 Å². The second-order valence-electron chi connectivity index (χ2n) is 4.23. The maximum atomic E-state index is 12.0. The molecule has 1 aliphatic heterocycles. The third-order valence-electron chi connectivity index (χ3n) is 2.92. The summed E-state index contributed by atoms with van der Waals surface area (Å²) in [5.74, 6) is -1.52. The Morgan fingerprint density at radius 3 is 2.33 bits per heavy atom. The highest BCUT2D eigenvalue weighted by molar-refractivity contribution is 6.09. The Morgan fingerprint density at radius 1 is 1.22 bits per heavy atom. The zero-order chi connectivity index (χ0) is 13.3. The normalized spacial score (nSPS) is 15.0. The fourth-order valence-corrected chi connectivity index (χ4v) is 1.80. The highest BCUT2D eigenvalue weighted by Gasteiger charge is 2.25. The number of rotatable bonds is 3. The molecule has 96 valence electrons. The van der Waals surface area contributed by atoms with Crippen molar-refractivity contribution >= 4 is 11.8 Å². The van der Waals surface area contributed by atoms with Gasteiger partial charge in [0.15, 0.2) is 17.3 Å². The Hall–Kier alpha value is -2.04. The fraction of sp³-hybridized carbons (Fsp3) is 0.385. The van der Waals surface area contributed by atoms with Gasteiger partial charge < -0.3 is 14.6 Å². The van der Waals surface area contributed by atoms with Crippen molar-refractivity contribution in [1.82, 2.24) is 0 Å². The minimum absolute atomic E-state index is 0.370. The Bertz CT molecular complexity index is 506. The average Bonchev–Trinajstić information content (AvgIpc) is 2.36. The summed E-state index contributed by atoms with van der Waals surface area (Å²) in [5, 5.41) is 8.87. The number of ether oxygens (including phenoxy) is 2. The van der Waals surface area contributed by atoms with Crippen LogP contribution in [0.4, 0.5) is 0 Å². The van der Waals surface area contributed by atoms with Crippen molar-refractivity contribution in [2.45, 2.75) is 13.8 Å². The Kier molecular flexibility index (Phi) is 3.23. The smallest absolute Gasteiger partial charge is 0.314 e. The van der Waals surface area contributed by atoms with Crippen molar-refractivity contribution < 1.29 is 24.2 Å². The van der Waals surface area contributed by atoms with Crippen molar-refractivity contribution in [2.24, 2.45) is 5.92 Å². The lowest BCUT2D eigenvalue weighted by molar-refractivity contribution is -0.139. The number of Topliss-reactive ketones (excluding diaryl/α,β-unsaturated/α-hetero) is 1. The first-order valence-corrected chi connectivity index (χ1v) is 5.68. The third-order valence-corrected chi connectivity index (χ3v) is 2.92. The molecule has 0 bridgehead atoms. The Morgan fingerprint density at radius 2 is 1.78 bits per heavy atom. The summed E-state index contributed by atoms with van der Waals surface area (Å²) >= 11 is 0. The molecule has 2 rings (SSSR count). The van der Waals surface area contributed by atoms with Crippen molar-refractivity contribution in [2.75, 3.05) is 13.2 Å². The molecule has 5 heteroatoms. The first-order chi connectivity index (χ1) is 8.50. The molecule has 5 nitrogen and oxygen atoms in total. The molecule has 18 heavy (non-hydrogen) atoms. The molecule has 1 aromatic carbocycles. The fourth-order valence-electron chi connectivity index (χ4n) is 1.80. The molecule has 1 atom stereocenters. The predicted molar refractivity (Wildman–Crippen MR) is 63.3 cm³/mol. The van der Waals surface area contributed by atoms with Crippen LogP contribution in [-0.4, -0.2) is 30.1 Å². The Labute approximate surface area is 104 Å². The van der Waals surface area contributed by atoms with Gasteiger partial charge in [-0.3, -0.25) is 9.59 Å². The standard InChI is InChI=1S/C13H14O5/c1-7-5-10-11(18-4-3-17-10)6-9(7)12(14)8(2)13(15)16/h5-6,8H,3-4H2,1-2H3,(H,15,16). The van der Waals surface area contributed by atoms with Crippen LogP contribution in [0.1, 0.15) is 22.8 Å². The zero-order valence-electron chi connectivity index (χ0n) is 10.2. The van der Waals surface area contributed by atoms with Crippen LogP contribution in [0.15, 0.2) is 12.1 Å². The lowest BCUT2D eigenvalue weighted by Crippen LogP contribution is -2.22. The van der Waals surface area contributed by atoms with E-state index in [4.69, 9.17) is 14.6 Å². The monoisotopic (exact) mass is 250 g/mol. The van der Waals surface area contributed by atoms with Crippen LogP contribution < -0.4 is 9.47 Å². The third kappa shape index (κ3) is 2.16. The molecule has 1 heterocycles. The molecular weight excluding hydrogens is 236 g/mol. The number of carboxylic acids is 1. The summed E-state index contributed by atoms with van der Waals surface area (Å²) < 4.78 is 10.8. The van der Waals surface area contributed by atoms with Crippen LogP contribution in [0.5, 0.6) is 11.5 Å². The second-order valence-corrected chi connectivity index (χ2v) is 4.23. The van der Waals surface area contributed by atoms with Crippen LogP contribution in [0.25, 0.3) is 0 Å². The zero-order valence-corrected chi connectivity index (χ0v) is 10.2. The summed E-state index contributed by atoms with van der Waals surface area (Å²) in [6, 6.07) is 3.27. The summed E-state index contributed by atoms with van der Waals surface area (Å²) in [4.78, 5) is 22.9. The van der Waals surface area contributed by atoms with Gasteiger partial charge in [0, 0.05) is 5.56 Å². The molecule has 1 aliphatic rings. The van der Waals surface area contributed by atoms with E-state index in [0.29, 0.717) is 35.8 Å². The van der Waals surface area contributed by atoms with E-state index in [1.165, 1.54) is 6.92 Å². The van der Waals surface area contributed by atoms with Crippen LogP contribution >= 0.6 is 0 Å². The molecule has 0 spiro atoms. The van der Waals surface area contributed by atoms with Crippen LogP contribution in [0, 0.1) is 12.8 Å². The number of aliphatic carboxylic acids is 1. The van der Waals surface area contributed by atoms with Gasteiger partial charge in [0.1, 0.15) is 19.1 Å². The minimum atomic E-state index is -1.13. The highest BCUT2D eigenvalue weighted by atomic mass is 16.6. The van der Waals surface area contributed by atoms with Gasteiger partial charge in [-0.1, -0.05) is 0 Å². The first-order valence-electron chi connectivity index (χ1n) is 5.68. The summed E-state index contributed by atoms with van der Waals surface area (Å²) in [5.41, 5.74) is 1.06. The number of benzene rings is 1. The minimum Gasteiger partial charge on any atom is -0.486 e. The van der Waals surface area contributed by atoms with Gasteiger partial charge in [0.25, 0.3) is 0 Å². The van der Waals surface area contributed by atoms with E-state index in [9.17, 15) is 9.59 Å². The molecule has 1 unspecified atom stereocenters. The van der Waals surface area contributed by atoms with Crippen LogP contribution in [-0.2, 0) is 4.79 Å². The van der Waals surface area contributed by atoms with E-state index in [1.54, 1.807) is 19.1 Å². The van der Waals surface area contributed by atoms with E-state index >= 15 is 0 Å². The van der Waals surface area contributed by atoms with E-state index in [0.717, 1.165) is 0 Å². The first kappa shape index (κ1) is 12.4. The lowest BCUT2D eigenvalue weighted by Gasteiger charge is -2.20.